The molecular formula is C14H16N2O. The summed E-state index contributed by atoms with van der Waals surface area (Å²) in [6.07, 6.45) is 1.72. The molecule has 0 N–H and O–H groups in total. The number of nitrogens with zero attached hydrogens (tertiary/aromatic N) is 2. The molecule has 0 aliphatic carbocycles. The molecule has 2 rings (SSSR count). The fourth-order valence-corrected chi connectivity index (χ4v) is 2.35. The van der Waals surface area contributed by atoms with Gasteiger partial charge < -0.3 is 4.90 Å². The van der Waals surface area contributed by atoms with Crippen LogP contribution < -0.4 is 0 Å². The van der Waals surface area contributed by atoms with Crippen LogP contribution in [0.3, 0.4) is 0 Å². The lowest BCUT2D eigenvalue weighted by Crippen LogP contribution is -2.34. The molecule has 1 atom stereocenters. The number of rotatable bonds is 1. The van der Waals surface area contributed by atoms with Crippen molar-refractivity contribution in [3.05, 3.63) is 34.9 Å². The molecule has 0 spiro atoms. The van der Waals surface area contributed by atoms with Gasteiger partial charge in [0.2, 0.25) is 0 Å². The molecule has 0 radical (unpaired) electrons. The molecular weight excluding hydrogens is 212 g/mol. The molecule has 3 nitrogen and oxygen atoms in total. The van der Waals surface area contributed by atoms with E-state index in [0.717, 1.165) is 29.5 Å². The number of likely N-dealkylation sites (tertiary alicyclic amines) is 1. The highest BCUT2D eigenvalue weighted by Crippen LogP contribution is 2.21. The Morgan fingerprint density at radius 3 is 2.88 bits per heavy atom. The van der Waals surface area contributed by atoms with Crippen molar-refractivity contribution in [2.75, 3.05) is 6.54 Å². The number of aryl methyl sites for hydroxylation is 2. The first kappa shape index (κ1) is 11.7. The van der Waals surface area contributed by atoms with Gasteiger partial charge in [0.25, 0.3) is 5.91 Å². The Balaban J connectivity index is 2.28. The van der Waals surface area contributed by atoms with Crippen LogP contribution in [0, 0.1) is 25.2 Å². The SMILES string of the molecule is Cc1ccc(C(=O)N2CCCC2C#N)c(C)c1. The molecule has 3 heteroatoms. The van der Waals surface area contributed by atoms with Gasteiger partial charge in [-0.3, -0.25) is 4.79 Å². The third kappa shape index (κ3) is 2.16. The number of carbonyl (C=O) groups is 1. The second-order valence-electron chi connectivity index (χ2n) is 4.60. The first-order chi connectivity index (χ1) is 8.13. The van der Waals surface area contributed by atoms with Crippen LogP contribution >= 0.6 is 0 Å². The molecule has 1 aromatic rings. The quantitative estimate of drug-likeness (QED) is 0.741. The summed E-state index contributed by atoms with van der Waals surface area (Å²) in [5, 5.41) is 9.00. The van der Waals surface area contributed by atoms with Gasteiger partial charge in [-0.1, -0.05) is 17.7 Å². The minimum absolute atomic E-state index is 0.00782. The van der Waals surface area contributed by atoms with Crippen LogP contribution in [0.4, 0.5) is 0 Å². The summed E-state index contributed by atoms with van der Waals surface area (Å²) in [6.45, 7) is 4.65. The maximum absolute atomic E-state index is 12.3. The average molecular weight is 228 g/mol. The van der Waals surface area contributed by atoms with E-state index < -0.39 is 0 Å². The van der Waals surface area contributed by atoms with Crippen molar-refractivity contribution in [1.82, 2.24) is 4.90 Å². The van der Waals surface area contributed by atoms with Crippen molar-refractivity contribution >= 4 is 5.91 Å². The zero-order valence-electron chi connectivity index (χ0n) is 10.2. The van der Waals surface area contributed by atoms with E-state index in [-0.39, 0.29) is 11.9 Å². The highest BCUT2D eigenvalue weighted by molar-refractivity contribution is 5.96. The molecule has 0 aromatic heterocycles. The molecule has 17 heavy (non-hydrogen) atoms. The molecule has 1 fully saturated rings. The van der Waals surface area contributed by atoms with Crippen molar-refractivity contribution in [3.8, 4) is 6.07 Å². The summed E-state index contributed by atoms with van der Waals surface area (Å²) in [7, 11) is 0. The molecule has 0 saturated carbocycles. The Labute approximate surface area is 102 Å². The van der Waals surface area contributed by atoms with E-state index >= 15 is 0 Å². The summed E-state index contributed by atoms with van der Waals surface area (Å²) in [5.74, 6) is -0.00782. The van der Waals surface area contributed by atoms with Crippen molar-refractivity contribution < 1.29 is 4.79 Å². The van der Waals surface area contributed by atoms with E-state index in [9.17, 15) is 4.79 Å². The number of nitriles is 1. The van der Waals surface area contributed by atoms with E-state index in [1.807, 2.05) is 32.0 Å². The summed E-state index contributed by atoms with van der Waals surface area (Å²) >= 11 is 0. The lowest BCUT2D eigenvalue weighted by Gasteiger charge is -2.20. The highest BCUT2D eigenvalue weighted by atomic mass is 16.2. The zero-order chi connectivity index (χ0) is 12.4. The van der Waals surface area contributed by atoms with Gasteiger partial charge in [0, 0.05) is 12.1 Å². The normalized spacial score (nSPS) is 19.1. The van der Waals surface area contributed by atoms with E-state index in [0.29, 0.717) is 6.54 Å². The van der Waals surface area contributed by atoms with E-state index in [4.69, 9.17) is 5.26 Å². The summed E-state index contributed by atoms with van der Waals surface area (Å²) < 4.78 is 0. The molecule has 1 unspecified atom stereocenters. The van der Waals surface area contributed by atoms with Crippen molar-refractivity contribution in [3.63, 3.8) is 0 Å². The van der Waals surface area contributed by atoms with E-state index in [1.165, 1.54) is 0 Å². The van der Waals surface area contributed by atoms with Crippen molar-refractivity contribution in [1.29, 1.82) is 5.26 Å². The Morgan fingerprint density at radius 1 is 1.47 bits per heavy atom. The Morgan fingerprint density at radius 2 is 2.24 bits per heavy atom. The number of benzene rings is 1. The van der Waals surface area contributed by atoms with E-state index in [1.54, 1.807) is 4.90 Å². The summed E-state index contributed by atoms with van der Waals surface area (Å²) in [6, 6.07) is 7.76. The van der Waals surface area contributed by atoms with Crippen LogP contribution in [0.2, 0.25) is 0 Å². The smallest absolute Gasteiger partial charge is 0.255 e. The topological polar surface area (TPSA) is 44.1 Å². The summed E-state index contributed by atoms with van der Waals surface area (Å²) in [4.78, 5) is 14.0. The van der Waals surface area contributed by atoms with Crippen molar-refractivity contribution in [2.45, 2.75) is 32.7 Å². The molecule has 1 heterocycles. The van der Waals surface area contributed by atoms with Gasteiger partial charge in [-0.05, 0) is 38.3 Å². The first-order valence-electron chi connectivity index (χ1n) is 5.91. The van der Waals surface area contributed by atoms with Gasteiger partial charge >= 0.3 is 0 Å². The van der Waals surface area contributed by atoms with Crippen LogP contribution in [-0.4, -0.2) is 23.4 Å². The van der Waals surface area contributed by atoms with Crippen LogP contribution in [0.25, 0.3) is 0 Å². The summed E-state index contributed by atoms with van der Waals surface area (Å²) in [5.41, 5.74) is 2.86. The third-order valence-electron chi connectivity index (χ3n) is 3.28. The number of hydrogen-bond donors (Lipinski definition) is 0. The van der Waals surface area contributed by atoms with Crippen LogP contribution in [0.15, 0.2) is 18.2 Å². The maximum atomic E-state index is 12.3. The van der Waals surface area contributed by atoms with E-state index in [2.05, 4.69) is 6.07 Å². The standard InChI is InChI=1S/C14H16N2O/c1-10-5-6-13(11(2)8-10)14(17)16-7-3-4-12(16)9-15/h5-6,8,12H,3-4,7H2,1-2H3. The number of carbonyl (C=O) groups excluding carboxylic acids is 1. The van der Waals surface area contributed by atoms with Crippen LogP contribution in [0.5, 0.6) is 0 Å². The molecule has 88 valence electrons. The fraction of sp³-hybridized carbons (Fsp3) is 0.429. The predicted octanol–water partition coefficient (Wildman–Crippen LogP) is 2.43. The molecule has 1 aromatic carbocycles. The van der Waals surface area contributed by atoms with Gasteiger partial charge in [-0.2, -0.15) is 5.26 Å². The first-order valence-corrected chi connectivity index (χ1v) is 5.91. The fourth-order valence-electron chi connectivity index (χ4n) is 2.35. The van der Waals surface area contributed by atoms with Crippen molar-refractivity contribution in [2.24, 2.45) is 0 Å². The van der Waals surface area contributed by atoms with Gasteiger partial charge in [-0.15, -0.1) is 0 Å². The Bertz CT molecular complexity index is 487. The molecule has 1 aliphatic rings. The number of hydrogen-bond acceptors (Lipinski definition) is 2. The Hall–Kier alpha value is -1.82. The monoisotopic (exact) mass is 228 g/mol. The van der Waals surface area contributed by atoms with Gasteiger partial charge in [0.1, 0.15) is 6.04 Å². The third-order valence-corrected chi connectivity index (χ3v) is 3.28. The molecule has 0 bridgehead atoms. The number of amides is 1. The molecule has 1 amide bonds. The maximum Gasteiger partial charge on any atom is 0.255 e. The van der Waals surface area contributed by atoms with Gasteiger partial charge in [0.05, 0.1) is 6.07 Å². The lowest BCUT2D eigenvalue weighted by atomic mass is 10.0. The second kappa shape index (κ2) is 4.58. The Kier molecular flexibility index (Phi) is 3.14. The van der Waals surface area contributed by atoms with Gasteiger partial charge in [0.15, 0.2) is 0 Å². The molecule has 1 saturated heterocycles. The van der Waals surface area contributed by atoms with Crippen LogP contribution in [-0.2, 0) is 0 Å². The minimum atomic E-state index is -0.247. The largest absolute Gasteiger partial charge is 0.323 e. The zero-order valence-corrected chi connectivity index (χ0v) is 10.2. The molecule has 1 aliphatic heterocycles. The minimum Gasteiger partial charge on any atom is -0.323 e. The average Bonchev–Trinajstić information content (AvgIpc) is 2.76. The predicted molar refractivity (Wildman–Crippen MR) is 65.6 cm³/mol. The van der Waals surface area contributed by atoms with Gasteiger partial charge in [-0.25, -0.2) is 0 Å². The second-order valence-corrected chi connectivity index (χ2v) is 4.60. The van der Waals surface area contributed by atoms with Crippen LogP contribution in [0.1, 0.15) is 34.3 Å². The lowest BCUT2D eigenvalue weighted by molar-refractivity contribution is 0.0764. The highest BCUT2D eigenvalue weighted by Gasteiger charge is 2.29.